The van der Waals surface area contributed by atoms with Crippen LogP contribution >= 0.6 is 24.8 Å². The van der Waals surface area contributed by atoms with E-state index in [2.05, 4.69) is 41.5 Å². The second-order valence-corrected chi connectivity index (χ2v) is 9.79. The van der Waals surface area contributed by atoms with E-state index >= 15 is 0 Å². The normalized spacial score (nSPS) is 13.7. The minimum atomic E-state index is -1.25. The Bertz CT molecular complexity index is 1250. The van der Waals surface area contributed by atoms with Crippen LogP contribution in [0.2, 0.25) is 0 Å². The van der Waals surface area contributed by atoms with Crippen LogP contribution in [0.4, 0.5) is 18.9 Å². The van der Waals surface area contributed by atoms with Crippen molar-refractivity contribution >= 4 is 36.4 Å². The first kappa shape index (κ1) is 33.4. The Morgan fingerprint density at radius 3 is 2.30 bits per heavy atom. The number of carbonyl (C=O) groups is 1. The van der Waals surface area contributed by atoms with Crippen LogP contribution in [0.1, 0.15) is 48.8 Å². The largest absolute Gasteiger partial charge is 0.454 e. The maximum Gasteiger partial charge on any atom is 0.238 e. The molecule has 1 fully saturated rings. The Labute approximate surface area is 246 Å². The number of halogens is 5. The molecule has 5 nitrogen and oxygen atoms in total. The summed E-state index contributed by atoms with van der Waals surface area (Å²) in [4.78, 5) is 14.6. The Morgan fingerprint density at radius 1 is 0.950 bits per heavy atom. The molecule has 1 heterocycles. The highest BCUT2D eigenvalue weighted by Crippen LogP contribution is 2.33. The van der Waals surface area contributed by atoms with Gasteiger partial charge in [-0.15, -0.1) is 24.8 Å². The van der Waals surface area contributed by atoms with Gasteiger partial charge in [-0.1, -0.05) is 25.1 Å². The van der Waals surface area contributed by atoms with Gasteiger partial charge in [-0.2, -0.15) is 0 Å². The lowest BCUT2D eigenvalue weighted by atomic mass is 9.86. The van der Waals surface area contributed by atoms with E-state index in [4.69, 9.17) is 4.74 Å². The van der Waals surface area contributed by atoms with Crippen LogP contribution in [0, 0.1) is 24.4 Å². The summed E-state index contributed by atoms with van der Waals surface area (Å²) in [6.45, 7) is 7.97. The molecule has 0 aromatic heterocycles. The van der Waals surface area contributed by atoms with Gasteiger partial charge in [0, 0.05) is 24.4 Å². The second kappa shape index (κ2) is 15.9. The third-order valence-corrected chi connectivity index (χ3v) is 6.83. The molecule has 40 heavy (non-hydrogen) atoms. The Hall–Kier alpha value is -2.78. The highest BCUT2D eigenvalue weighted by Gasteiger charge is 2.22. The summed E-state index contributed by atoms with van der Waals surface area (Å²) in [6, 6.07) is 14.5. The molecule has 0 bridgehead atoms. The van der Waals surface area contributed by atoms with Crippen molar-refractivity contribution in [2.75, 3.05) is 31.5 Å². The van der Waals surface area contributed by atoms with Crippen molar-refractivity contribution in [1.82, 2.24) is 10.2 Å². The summed E-state index contributed by atoms with van der Waals surface area (Å²) in [5.74, 6) is -2.97. The third-order valence-electron chi connectivity index (χ3n) is 6.83. The molecule has 0 atom stereocenters. The minimum Gasteiger partial charge on any atom is -0.454 e. The van der Waals surface area contributed by atoms with E-state index in [1.54, 1.807) is 12.1 Å². The average Bonchev–Trinajstić information content (AvgIpc) is 2.90. The lowest BCUT2D eigenvalue weighted by Crippen LogP contribution is -2.32. The zero-order chi connectivity index (χ0) is 27.1. The molecule has 1 aliphatic heterocycles. The lowest BCUT2D eigenvalue weighted by Gasteiger charge is -2.33. The topological polar surface area (TPSA) is 53.6 Å². The zero-order valence-electron chi connectivity index (χ0n) is 22.6. The number of benzene rings is 3. The zero-order valence-corrected chi connectivity index (χ0v) is 24.3. The number of piperidine rings is 1. The van der Waals surface area contributed by atoms with Gasteiger partial charge >= 0.3 is 0 Å². The smallest absolute Gasteiger partial charge is 0.238 e. The standard InChI is InChI=1S/C30H34F3N3O2.2ClH/c1-3-12-34-18-30(37)35-23-7-4-20(2)25(15-23)22-10-13-36(14-11-22)19-21-5-8-24(9-6-21)38-29-17-27(32)26(31)16-28(29)33;;/h4-9,15-17,22,34H,3,10-14,18-19H2,1-2H3,(H,35,37);2*1H. The number of ether oxygens (including phenoxy) is 1. The molecule has 2 N–H and O–H groups in total. The van der Waals surface area contributed by atoms with Crippen LogP contribution in [0.5, 0.6) is 11.5 Å². The van der Waals surface area contributed by atoms with Crippen molar-refractivity contribution in [3.8, 4) is 11.5 Å². The van der Waals surface area contributed by atoms with Crippen LogP contribution in [0.15, 0.2) is 54.6 Å². The predicted octanol–water partition coefficient (Wildman–Crippen LogP) is 7.37. The Morgan fingerprint density at radius 2 is 1.62 bits per heavy atom. The van der Waals surface area contributed by atoms with Crippen molar-refractivity contribution in [2.45, 2.75) is 45.6 Å². The monoisotopic (exact) mass is 597 g/mol. The fourth-order valence-corrected chi connectivity index (χ4v) is 4.77. The molecule has 218 valence electrons. The fourth-order valence-electron chi connectivity index (χ4n) is 4.77. The number of carbonyl (C=O) groups excluding carboxylic acids is 1. The van der Waals surface area contributed by atoms with Crippen molar-refractivity contribution in [3.63, 3.8) is 0 Å². The summed E-state index contributed by atoms with van der Waals surface area (Å²) >= 11 is 0. The molecule has 1 aliphatic rings. The third kappa shape index (κ3) is 9.13. The lowest BCUT2D eigenvalue weighted by molar-refractivity contribution is -0.115. The molecular formula is C30H36Cl2F3N3O2. The van der Waals surface area contributed by atoms with Crippen LogP contribution < -0.4 is 15.4 Å². The van der Waals surface area contributed by atoms with E-state index in [9.17, 15) is 18.0 Å². The molecule has 0 radical (unpaired) electrons. The van der Waals surface area contributed by atoms with Crippen molar-refractivity contribution in [3.05, 3.63) is 88.7 Å². The molecule has 1 amide bonds. The number of hydrogen-bond donors (Lipinski definition) is 2. The molecule has 10 heteroatoms. The number of nitrogens with one attached hydrogen (secondary N) is 2. The number of nitrogens with zero attached hydrogens (tertiary/aromatic N) is 1. The van der Waals surface area contributed by atoms with Crippen LogP contribution in [-0.4, -0.2) is 37.0 Å². The summed E-state index contributed by atoms with van der Waals surface area (Å²) in [7, 11) is 0. The maximum absolute atomic E-state index is 13.9. The first-order valence-corrected chi connectivity index (χ1v) is 13.1. The van der Waals surface area contributed by atoms with E-state index in [0.717, 1.165) is 56.7 Å². The van der Waals surface area contributed by atoms with Gasteiger partial charge < -0.3 is 15.4 Å². The van der Waals surface area contributed by atoms with Gasteiger partial charge in [-0.25, -0.2) is 13.2 Å². The number of amides is 1. The van der Waals surface area contributed by atoms with Gasteiger partial charge in [-0.3, -0.25) is 9.69 Å². The van der Waals surface area contributed by atoms with Gasteiger partial charge in [0.05, 0.1) is 6.54 Å². The average molecular weight is 599 g/mol. The van der Waals surface area contributed by atoms with Crippen LogP contribution in [-0.2, 0) is 11.3 Å². The summed E-state index contributed by atoms with van der Waals surface area (Å²) in [6.07, 6.45) is 3.03. The summed E-state index contributed by atoms with van der Waals surface area (Å²) in [5.41, 5.74) is 4.44. The number of rotatable bonds is 10. The van der Waals surface area contributed by atoms with Gasteiger partial charge in [-0.05, 0) is 92.7 Å². The minimum absolute atomic E-state index is 0. The molecular weight excluding hydrogens is 562 g/mol. The van der Waals surface area contributed by atoms with E-state index < -0.39 is 17.5 Å². The molecule has 3 aromatic carbocycles. The number of likely N-dealkylation sites (tertiary alicyclic amines) is 1. The fraction of sp³-hybridized carbons (Fsp3) is 0.367. The maximum atomic E-state index is 13.9. The predicted molar refractivity (Wildman–Crippen MR) is 158 cm³/mol. The first-order chi connectivity index (χ1) is 18.3. The Kier molecular flexibility index (Phi) is 13.3. The molecule has 0 saturated carbocycles. The molecule has 4 rings (SSSR count). The van der Waals surface area contributed by atoms with Gasteiger partial charge in [0.1, 0.15) is 5.75 Å². The van der Waals surface area contributed by atoms with Crippen molar-refractivity contribution in [1.29, 1.82) is 0 Å². The van der Waals surface area contributed by atoms with Crippen LogP contribution in [0.3, 0.4) is 0 Å². The van der Waals surface area contributed by atoms with Crippen LogP contribution in [0.25, 0.3) is 0 Å². The first-order valence-electron chi connectivity index (χ1n) is 13.1. The van der Waals surface area contributed by atoms with E-state index in [1.165, 1.54) is 11.1 Å². The Balaban J connectivity index is 0.00000280. The second-order valence-electron chi connectivity index (χ2n) is 9.79. The van der Waals surface area contributed by atoms with E-state index in [-0.39, 0.29) is 36.5 Å². The number of aryl methyl sites for hydroxylation is 1. The van der Waals surface area contributed by atoms with Gasteiger partial charge in [0.15, 0.2) is 23.2 Å². The number of anilines is 1. The van der Waals surface area contributed by atoms with Gasteiger partial charge in [0.2, 0.25) is 5.91 Å². The number of hydrogen-bond acceptors (Lipinski definition) is 4. The van der Waals surface area contributed by atoms with Crippen molar-refractivity contribution < 1.29 is 22.7 Å². The molecule has 0 unspecified atom stereocenters. The van der Waals surface area contributed by atoms with E-state index in [1.807, 2.05) is 18.2 Å². The molecule has 3 aromatic rings. The van der Waals surface area contributed by atoms with Crippen molar-refractivity contribution in [2.24, 2.45) is 0 Å². The molecule has 1 saturated heterocycles. The van der Waals surface area contributed by atoms with Gasteiger partial charge in [0.25, 0.3) is 0 Å². The SMILES string of the molecule is CCCNCC(=O)Nc1ccc(C)c(C2CCN(Cc3ccc(Oc4cc(F)c(F)cc4F)cc3)CC2)c1.Cl.Cl. The summed E-state index contributed by atoms with van der Waals surface area (Å²) < 4.78 is 45.8. The summed E-state index contributed by atoms with van der Waals surface area (Å²) in [5, 5.41) is 6.12. The molecule has 0 aliphatic carbocycles. The van der Waals surface area contributed by atoms with E-state index in [0.29, 0.717) is 30.3 Å². The molecule has 0 spiro atoms. The highest BCUT2D eigenvalue weighted by atomic mass is 35.5. The quantitative estimate of drug-likeness (QED) is 0.189. The highest BCUT2D eigenvalue weighted by molar-refractivity contribution is 5.92.